The Hall–Kier alpha value is -1.43. The van der Waals surface area contributed by atoms with Gasteiger partial charge in [0, 0.05) is 25.2 Å². The molecule has 1 N–H and O–H groups in total. The molecule has 16 heavy (non-hydrogen) atoms. The number of nitrogens with zero attached hydrogens (tertiary/aromatic N) is 4. The second-order valence-corrected chi connectivity index (χ2v) is 4.19. The van der Waals surface area contributed by atoms with Gasteiger partial charge in [-0.25, -0.2) is 0 Å². The first-order valence-electron chi connectivity index (χ1n) is 5.32. The molecule has 0 saturated heterocycles. The summed E-state index contributed by atoms with van der Waals surface area (Å²) in [5.41, 5.74) is 1.14. The molecule has 0 saturated carbocycles. The highest BCUT2D eigenvalue weighted by Crippen LogP contribution is 2.06. The van der Waals surface area contributed by atoms with Crippen LogP contribution in [-0.2, 0) is 20.0 Å². The molecule has 0 spiro atoms. The lowest BCUT2D eigenvalue weighted by Gasteiger charge is -2.03. The summed E-state index contributed by atoms with van der Waals surface area (Å²) >= 11 is 5.21. The van der Waals surface area contributed by atoms with Crippen molar-refractivity contribution in [3.63, 3.8) is 0 Å². The summed E-state index contributed by atoms with van der Waals surface area (Å²) < 4.78 is 4.49. The third kappa shape index (κ3) is 2.21. The van der Waals surface area contributed by atoms with E-state index in [1.54, 1.807) is 4.68 Å². The molecular weight excluding hydrogens is 222 g/mol. The van der Waals surface area contributed by atoms with Gasteiger partial charge in [0.15, 0.2) is 4.77 Å². The fourth-order valence-corrected chi connectivity index (χ4v) is 1.88. The van der Waals surface area contributed by atoms with Crippen molar-refractivity contribution in [3.05, 3.63) is 28.6 Å². The Morgan fingerprint density at radius 3 is 2.94 bits per heavy atom. The Balaban J connectivity index is 2.26. The molecule has 2 aromatic heterocycles. The summed E-state index contributed by atoms with van der Waals surface area (Å²) in [6, 6.07) is 0. The summed E-state index contributed by atoms with van der Waals surface area (Å²) in [7, 11) is 1.91. The monoisotopic (exact) mass is 237 g/mol. The van der Waals surface area contributed by atoms with E-state index >= 15 is 0 Å². The van der Waals surface area contributed by atoms with E-state index in [-0.39, 0.29) is 0 Å². The molecule has 0 radical (unpaired) electrons. The van der Waals surface area contributed by atoms with Crippen LogP contribution in [-0.4, -0.2) is 24.5 Å². The summed E-state index contributed by atoms with van der Waals surface area (Å²) in [5.74, 6) is 1.01. The SMILES string of the molecule is CCCc1n[nH]c(=S)n1Cc1cnn(C)c1. The molecule has 0 bridgehead atoms. The largest absolute Gasteiger partial charge is 0.300 e. The Kier molecular flexibility index (Phi) is 3.19. The van der Waals surface area contributed by atoms with E-state index in [4.69, 9.17) is 12.2 Å². The fraction of sp³-hybridized carbons (Fsp3) is 0.500. The molecule has 0 aliphatic rings. The van der Waals surface area contributed by atoms with Gasteiger partial charge in [-0.05, 0) is 18.6 Å². The molecule has 2 rings (SSSR count). The van der Waals surface area contributed by atoms with Crippen LogP contribution >= 0.6 is 12.2 Å². The van der Waals surface area contributed by atoms with Gasteiger partial charge in [-0.3, -0.25) is 14.3 Å². The van der Waals surface area contributed by atoms with Gasteiger partial charge in [-0.1, -0.05) is 6.92 Å². The zero-order valence-electron chi connectivity index (χ0n) is 9.47. The average Bonchev–Trinajstić information content (AvgIpc) is 2.79. The van der Waals surface area contributed by atoms with E-state index < -0.39 is 0 Å². The van der Waals surface area contributed by atoms with E-state index in [1.807, 2.05) is 24.0 Å². The van der Waals surface area contributed by atoms with Crippen LogP contribution in [0, 0.1) is 4.77 Å². The number of rotatable bonds is 4. The first-order valence-corrected chi connectivity index (χ1v) is 5.73. The molecule has 2 aromatic rings. The van der Waals surface area contributed by atoms with Crippen molar-refractivity contribution in [1.82, 2.24) is 24.5 Å². The van der Waals surface area contributed by atoms with Crippen LogP contribution < -0.4 is 0 Å². The smallest absolute Gasteiger partial charge is 0.195 e. The Morgan fingerprint density at radius 2 is 2.31 bits per heavy atom. The van der Waals surface area contributed by atoms with Crippen molar-refractivity contribution in [2.24, 2.45) is 7.05 Å². The van der Waals surface area contributed by atoms with E-state index in [2.05, 4.69) is 22.2 Å². The highest BCUT2D eigenvalue weighted by atomic mass is 32.1. The van der Waals surface area contributed by atoms with E-state index in [0.717, 1.165) is 30.8 Å². The van der Waals surface area contributed by atoms with Crippen molar-refractivity contribution in [3.8, 4) is 0 Å². The Bertz CT molecular complexity index is 521. The lowest BCUT2D eigenvalue weighted by atomic mass is 10.3. The summed E-state index contributed by atoms with van der Waals surface area (Å²) in [6.45, 7) is 2.87. The van der Waals surface area contributed by atoms with Crippen LogP contribution in [0.4, 0.5) is 0 Å². The standard InChI is InChI=1S/C10H15N5S/c1-3-4-9-12-13-10(16)15(9)7-8-5-11-14(2)6-8/h5-6H,3-4,7H2,1-2H3,(H,13,16). The number of aryl methyl sites for hydroxylation is 2. The van der Waals surface area contributed by atoms with Crippen LogP contribution in [0.1, 0.15) is 24.7 Å². The third-order valence-electron chi connectivity index (χ3n) is 2.41. The molecule has 6 heteroatoms. The minimum absolute atomic E-state index is 0.673. The van der Waals surface area contributed by atoms with Gasteiger partial charge in [-0.15, -0.1) is 0 Å². The number of aromatic nitrogens is 5. The van der Waals surface area contributed by atoms with Crippen molar-refractivity contribution in [2.75, 3.05) is 0 Å². The lowest BCUT2D eigenvalue weighted by molar-refractivity contribution is 0.697. The summed E-state index contributed by atoms with van der Waals surface area (Å²) in [5, 5.41) is 11.2. The number of hydrogen-bond acceptors (Lipinski definition) is 3. The Morgan fingerprint density at radius 1 is 1.50 bits per heavy atom. The van der Waals surface area contributed by atoms with Crippen LogP contribution in [0.15, 0.2) is 12.4 Å². The molecular formula is C10H15N5S. The summed E-state index contributed by atoms with van der Waals surface area (Å²) in [6.07, 6.45) is 5.84. The topological polar surface area (TPSA) is 51.4 Å². The quantitative estimate of drug-likeness (QED) is 0.823. The van der Waals surface area contributed by atoms with Crippen molar-refractivity contribution in [1.29, 1.82) is 0 Å². The normalized spacial score (nSPS) is 10.9. The van der Waals surface area contributed by atoms with Crippen LogP contribution in [0.25, 0.3) is 0 Å². The minimum Gasteiger partial charge on any atom is -0.300 e. The van der Waals surface area contributed by atoms with E-state index in [9.17, 15) is 0 Å². The maximum Gasteiger partial charge on any atom is 0.195 e. The van der Waals surface area contributed by atoms with Crippen LogP contribution in [0.2, 0.25) is 0 Å². The first kappa shape index (κ1) is 11.1. The number of hydrogen-bond donors (Lipinski definition) is 1. The average molecular weight is 237 g/mol. The number of aromatic amines is 1. The zero-order valence-corrected chi connectivity index (χ0v) is 10.3. The third-order valence-corrected chi connectivity index (χ3v) is 2.72. The van der Waals surface area contributed by atoms with Crippen molar-refractivity contribution >= 4 is 12.2 Å². The molecule has 5 nitrogen and oxygen atoms in total. The molecule has 0 amide bonds. The molecule has 0 unspecified atom stereocenters. The zero-order chi connectivity index (χ0) is 11.5. The van der Waals surface area contributed by atoms with Gasteiger partial charge in [0.05, 0.1) is 12.7 Å². The van der Waals surface area contributed by atoms with Gasteiger partial charge < -0.3 is 0 Å². The van der Waals surface area contributed by atoms with Gasteiger partial charge >= 0.3 is 0 Å². The molecule has 86 valence electrons. The molecule has 0 aliphatic carbocycles. The van der Waals surface area contributed by atoms with Gasteiger partial charge in [0.1, 0.15) is 5.82 Å². The second kappa shape index (κ2) is 4.61. The minimum atomic E-state index is 0.673. The van der Waals surface area contributed by atoms with Crippen molar-refractivity contribution < 1.29 is 0 Å². The number of H-pyrrole nitrogens is 1. The highest BCUT2D eigenvalue weighted by Gasteiger charge is 2.06. The first-order chi connectivity index (χ1) is 7.70. The van der Waals surface area contributed by atoms with E-state index in [0.29, 0.717) is 4.77 Å². The van der Waals surface area contributed by atoms with Gasteiger partial charge in [-0.2, -0.15) is 10.2 Å². The van der Waals surface area contributed by atoms with Crippen LogP contribution in [0.5, 0.6) is 0 Å². The maximum absolute atomic E-state index is 5.21. The molecule has 0 aromatic carbocycles. The lowest BCUT2D eigenvalue weighted by Crippen LogP contribution is -2.04. The number of nitrogens with one attached hydrogen (secondary N) is 1. The summed E-state index contributed by atoms with van der Waals surface area (Å²) in [4.78, 5) is 0. The highest BCUT2D eigenvalue weighted by molar-refractivity contribution is 7.71. The van der Waals surface area contributed by atoms with Crippen LogP contribution in [0.3, 0.4) is 0 Å². The fourth-order valence-electron chi connectivity index (χ4n) is 1.66. The predicted molar refractivity (Wildman–Crippen MR) is 63.7 cm³/mol. The second-order valence-electron chi connectivity index (χ2n) is 3.80. The molecule has 0 fully saturated rings. The van der Waals surface area contributed by atoms with Crippen molar-refractivity contribution in [2.45, 2.75) is 26.3 Å². The van der Waals surface area contributed by atoms with Gasteiger partial charge in [0.2, 0.25) is 0 Å². The van der Waals surface area contributed by atoms with Gasteiger partial charge in [0.25, 0.3) is 0 Å². The maximum atomic E-state index is 5.21. The molecule has 0 atom stereocenters. The molecule has 0 aliphatic heterocycles. The molecule has 2 heterocycles. The Labute approximate surface area is 99.1 Å². The predicted octanol–water partition coefficient (Wildman–Crippen LogP) is 1.67. The van der Waals surface area contributed by atoms with E-state index in [1.165, 1.54) is 0 Å².